The molecule has 2 atom stereocenters. The Balaban J connectivity index is 2.18. The number of amides is 1. The molecule has 2 rings (SSSR count). The van der Waals surface area contributed by atoms with Crippen molar-refractivity contribution in [2.75, 3.05) is 13.1 Å². The van der Waals surface area contributed by atoms with Gasteiger partial charge in [-0.2, -0.15) is 0 Å². The van der Waals surface area contributed by atoms with Crippen molar-refractivity contribution in [3.8, 4) is 0 Å². The van der Waals surface area contributed by atoms with E-state index in [1.165, 1.54) is 11.8 Å². The van der Waals surface area contributed by atoms with Crippen molar-refractivity contribution in [3.05, 3.63) is 30.1 Å². The second kappa shape index (κ2) is 6.66. The molecule has 1 saturated heterocycles. The molecule has 1 aliphatic rings. The van der Waals surface area contributed by atoms with Crippen molar-refractivity contribution >= 4 is 21.7 Å². The molecule has 1 aromatic carbocycles. The van der Waals surface area contributed by atoms with Gasteiger partial charge in [-0.05, 0) is 44.0 Å². The van der Waals surface area contributed by atoms with E-state index in [1.54, 1.807) is 0 Å². The molecule has 0 spiro atoms. The van der Waals surface area contributed by atoms with Crippen LogP contribution in [0.4, 0.5) is 4.39 Å². The first-order valence-electron chi connectivity index (χ1n) is 7.24. The number of rotatable bonds is 4. The number of hydrogen-bond donors (Lipinski definition) is 1. The number of carbonyl (C=O) groups excluding carboxylic acids is 1. The minimum Gasteiger partial charge on any atom is -0.481 e. The van der Waals surface area contributed by atoms with Gasteiger partial charge in [0.25, 0.3) is 0 Å². The largest absolute Gasteiger partial charge is 0.481 e. The lowest BCUT2D eigenvalue weighted by molar-refractivity contribution is -0.145. The van der Waals surface area contributed by atoms with Crippen LogP contribution in [0.5, 0.6) is 0 Å². The summed E-state index contributed by atoms with van der Waals surface area (Å²) in [5.41, 5.74) is 0. The zero-order valence-electron chi connectivity index (χ0n) is 12.6. The fourth-order valence-corrected chi connectivity index (χ4v) is 3.94. The highest BCUT2D eigenvalue weighted by Gasteiger charge is 2.36. The van der Waals surface area contributed by atoms with Crippen LogP contribution < -0.4 is 0 Å². The maximum Gasteiger partial charge on any atom is 0.308 e. The minimum atomic E-state index is -3.95. The Labute approximate surface area is 133 Å². The van der Waals surface area contributed by atoms with Crippen LogP contribution in [0.2, 0.25) is 0 Å². The Morgan fingerprint density at radius 1 is 1.30 bits per heavy atom. The van der Waals surface area contributed by atoms with Crippen LogP contribution in [0.25, 0.3) is 0 Å². The van der Waals surface area contributed by atoms with Gasteiger partial charge in [0.15, 0.2) is 9.84 Å². The molecular weight excluding hydrogens is 325 g/mol. The molecule has 6 nitrogen and oxygen atoms in total. The standard InChI is InChI=1S/C15H18FNO5S/c1-10(23(21,22)13-6-4-12(16)5-7-13)14(18)17-8-2-3-11(9-17)15(19)20/h4-7,10-11H,2-3,8-9H2,1H3,(H,19,20)/t10-,11-/m1/s1. The van der Waals surface area contributed by atoms with Crippen molar-refractivity contribution in [2.24, 2.45) is 5.92 Å². The number of likely N-dealkylation sites (tertiary alicyclic amines) is 1. The van der Waals surface area contributed by atoms with E-state index in [4.69, 9.17) is 5.11 Å². The molecule has 1 amide bonds. The van der Waals surface area contributed by atoms with Gasteiger partial charge < -0.3 is 10.0 Å². The zero-order chi connectivity index (χ0) is 17.2. The van der Waals surface area contributed by atoms with Gasteiger partial charge >= 0.3 is 5.97 Å². The number of carbonyl (C=O) groups is 2. The van der Waals surface area contributed by atoms with Crippen LogP contribution in [0.15, 0.2) is 29.2 Å². The zero-order valence-corrected chi connectivity index (χ0v) is 13.4. The van der Waals surface area contributed by atoms with E-state index in [9.17, 15) is 22.4 Å². The van der Waals surface area contributed by atoms with Gasteiger partial charge in [-0.15, -0.1) is 0 Å². The first-order valence-corrected chi connectivity index (χ1v) is 8.79. The number of halogens is 1. The molecule has 1 aromatic rings. The van der Waals surface area contributed by atoms with Gasteiger partial charge in [-0.25, -0.2) is 12.8 Å². The molecule has 0 unspecified atom stereocenters. The van der Waals surface area contributed by atoms with Crippen molar-refractivity contribution < 1.29 is 27.5 Å². The normalized spacial score (nSPS) is 20.1. The number of nitrogens with zero attached hydrogens (tertiary/aromatic N) is 1. The summed E-state index contributed by atoms with van der Waals surface area (Å²) in [6, 6.07) is 4.27. The van der Waals surface area contributed by atoms with Gasteiger partial charge in [0.2, 0.25) is 5.91 Å². The summed E-state index contributed by atoms with van der Waals surface area (Å²) in [6.45, 7) is 1.62. The highest BCUT2D eigenvalue weighted by Crippen LogP contribution is 2.22. The minimum absolute atomic E-state index is 0.0114. The number of hydrogen-bond acceptors (Lipinski definition) is 4. The fourth-order valence-electron chi connectivity index (χ4n) is 2.60. The number of carboxylic acids is 1. The van der Waals surface area contributed by atoms with Crippen LogP contribution >= 0.6 is 0 Å². The van der Waals surface area contributed by atoms with Gasteiger partial charge in [0, 0.05) is 13.1 Å². The third-order valence-corrected chi connectivity index (χ3v) is 6.10. The molecule has 1 heterocycles. The monoisotopic (exact) mass is 343 g/mol. The predicted molar refractivity (Wildman–Crippen MR) is 80.0 cm³/mol. The maximum absolute atomic E-state index is 12.9. The Bertz CT molecular complexity index is 701. The van der Waals surface area contributed by atoms with Gasteiger partial charge in [0.1, 0.15) is 11.1 Å². The molecular formula is C15H18FNO5S. The van der Waals surface area contributed by atoms with E-state index >= 15 is 0 Å². The highest BCUT2D eigenvalue weighted by atomic mass is 32.2. The first-order chi connectivity index (χ1) is 10.7. The Morgan fingerprint density at radius 2 is 1.91 bits per heavy atom. The molecule has 0 saturated carbocycles. The smallest absolute Gasteiger partial charge is 0.308 e. The summed E-state index contributed by atoms with van der Waals surface area (Å²) in [5.74, 6) is -2.85. The van der Waals surface area contributed by atoms with Gasteiger partial charge in [-0.3, -0.25) is 9.59 Å². The third kappa shape index (κ3) is 3.69. The molecule has 23 heavy (non-hydrogen) atoms. The highest BCUT2D eigenvalue weighted by molar-refractivity contribution is 7.92. The third-order valence-electron chi connectivity index (χ3n) is 4.04. The molecule has 1 N–H and O–H groups in total. The lowest BCUT2D eigenvalue weighted by Crippen LogP contribution is -2.47. The number of benzene rings is 1. The summed E-state index contributed by atoms with van der Waals surface area (Å²) in [7, 11) is -3.95. The Hall–Kier alpha value is -1.96. The second-order valence-electron chi connectivity index (χ2n) is 5.60. The summed E-state index contributed by atoms with van der Waals surface area (Å²) < 4.78 is 37.8. The van der Waals surface area contributed by atoms with Crippen LogP contribution in [-0.4, -0.2) is 48.6 Å². The summed E-state index contributed by atoms with van der Waals surface area (Å²) >= 11 is 0. The number of aliphatic carboxylic acids is 1. The SMILES string of the molecule is C[C@H](C(=O)N1CCC[C@@H](C(=O)O)C1)S(=O)(=O)c1ccc(F)cc1. The van der Waals surface area contributed by atoms with E-state index in [0.717, 1.165) is 24.3 Å². The fraction of sp³-hybridized carbons (Fsp3) is 0.467. The van der Waals surface area contributed by atoms with Crippen molar-refractivity contribution in [2.45, 2.75) is 29.9 Å². The summed E-state index contributed by atoms with van der Waals surface area (Å²) in [5, 5.41) is 7.70. The Morgan fingerprint density at radius 3 is 2.48 bits per heavy atom. The first kappa shape index (κ1) is 17.4. The number of carboxylic acid groups (broad SMARTS) is 1. The molecule has 1 fully saturated rings. The lowest BCUT2D eigenvalue weighted by Gasteiger charge is -2.32. The quantitative estimate of drug-likeness (QED) is 0.832. The van der Waals surface area contributed by atoms with Gasteiger partial charge in [0.05, 0.1) is 10.8 Å². The topological polar surface area (TPSA) is 91.8 Å². The van der Waals surface area contributed by atoms with Crippen LogP contribution in [-0.2, 0) is 19.4 Å². The Kier molecular flexibility index (Phi) is 5.03. The summed E-state index contributed by atoms with van der Waals surface area (Å²) in [6.07, 6.45) is 0.990. The summed E-state index contributed by atoms with van der Waals surface area (Å²) in [4.78, 5) is 24.6. The average Bonchev–Trinajstić information content (AvgIpc) is 2.54. The van der Waals surface area contributed by atoms with E-state index < -0.39 is 38.7 Å². The predicted octanol–water partition coefficient (Wildman–Crippen LogP) is 1.31. The molecule has 8 heteroatoms. The van der Waals surface area contributed by atoms with Crippen molar-refractivity contribution in [3.63, 3.8) is 0 Å². The second-order valence-corrected chi connectivity index (χ2v) is 7.87. The maximum atomic E-state index is 12.9. The van der Waals surface area contributed by atoms with E-state index in [-0.39, 0.29) is 11.4 Å². The van der Waals surface area contributed by atoms with Crippen LogP contribution in [0.3, 0.4) is 0 Å². The van der Waals surface area contributed by atoms with Crippen molar-refractivity contribution in [1.29, 1.82) is 0 Å². The molecule has 0 aliphatic carbocycles. The number of piperidine rings is 1. The van der Waals surface area contributed by atoms with E-state index in [2.05, 4.69) is 0 Å². The molecule has 0 bridgehead atoms. The van der Waals surface area contributed by atoms with E-state index in [0.29, 0.717) is 19.4 Å². The molecule has 126 valence electrons. The molecule has 1 aliphatic heterocycles. The molecule has 0 aromatic heterocycles. The lowest BCUT2D eigenvalue weighted by atomic mass is 9.98. The number of sulfone groups is 1. The van der Waals surface area contributed by atoms with Crippen LogP contribution in [0, 0.1) is 11.7 Å². The van der Waals surface area contributed by atoms with Gasteiger partial charge in [-0.1, -0.05) is 0 Å². The molecule has 0 radical (unpaired) electrons. The van der Waals surface area contributed by atoms with Crippen molar-refractivity contribution in [1.82, 2.24) is 4.90 Å². The van der Waals surface area contributed by atoms with E-state index in [1.807, 2.05) is 0 Å². The van der Waals surface area contributed by atoms with Crippen LogP contribution in [0.1, 0.15) is 19.8 Å². The average molecular weight is 343 g/mol.